The van der Waals surface area contributed by atoms with E-state index in [1.54, 1.807) is 0 Å². The Bertz CT molecular complexity index is 974. The molecular weight excluding hydrogens is 402 g/mol. The maximum atomic E-state index is 10.9. The van der Waals surface area contributed by atoms with Crippen LogP contribution in [0.25, 0.3) is 0 Å². The second-order valence-electron chi connectivity index (χ2n) is 8.88. The number of likely N-dealkylation sites (tertiary alicyclic amines) is 1. The van der Waals surface area contributed by atoms with Crippen molar-refractivity contribution in [2.45, 2.75) is 45.4 Å². The van der Waals surface area contributed by atoms with E-state index >= 15 is 0 Å². The predicted octanol–water partition coefficient (Wildman–Crippen LogP) is 3.98. The van der Waals surface area contributed by atoms with Crippen LogP contribution >= 0.6 is 0 Å². The highest BCUT2D eigenvalue weighted by Crippen LogP contribution is 2.25. The summed E-state index contributed by atoms with van der Waals surface area (Å²) in [4.78, 5) is 2.39. The molecule has 32 heavy (non-hydrogen) atoms. The Balaban J connectivity index is 1.18. The van der Waals surface area contributed by atoms with Gasteiger partial charge in [0.15, 0.2) is 0 Å². The van der Waals surface area contributed by atoms with E-state index in [0.29, 0.717) is 26.1 Å². The molecule has 6 heteroatoms. The van der Waals surface area contributed by atoms with Crippen LogP contribution in [-0.2, 0) is 13.1 Å². The lowest BCUT2D eigenvalue weighted by atomic mass is 9.92. The number of hydrogen-bond acceptors (Lipinski definition) is 5. The lowest BCUT2D eigenvalue weighted by Gasteiger charge is -2.38. The average molecular weight is 436 g/mol. The third-order valence-electron chi connectivity index (χ3n) is 6.00. The zero-order chi connectivity index (χ0) is 22.4. The van der Waals surface area contributed by atoms with Crippen molar-refractivity contribution in [1.29, 1.82) is 0 Å². The van der Waals surface area contributed by atoms with Gasteiger partial charge < -0.3 is 14.6 Å². The Kier molecular flexibility index (Phi) is 7.12. The molecular formula is C26H33N3O3. The van der Waals surface area contributed by atoms with E-state index < -0.39 is 5.60 Å². The zero-order valence-electron chi connectivity index (χ0n) is 19.0. The Hall–Kier alpha value is -2.83. The highest BCUT2D eigenvalue weighted by atomic mass is 16.5. The van der Waals surface area contributed by atoms with Crippen LogP contribution in [0.2, 0.25) is 0 Å². The fourth-order valence-electron chi connectivity index (χ4n) is 3.92. The quantitative estimate of drug-likeness (QED) is 0.551. The zero-order valence-corrected chi connectivity index (χ0v) is 19.0. The van der Waals surface area contributed by atoms with E-state index in [1.807, 2.05) is 60.4 Å². The van der Waals surface area contributed by atoms with Crippen LogP contribution in [0.15, 0.2) is 60.9 Å². The Morgan fingerprint density at radius 3 is 2.22 bits per heavy atom. The summed E-state index contributed by atoms with van der Waals surface area (Å²) in [6, 6.07) is 16.3. The molecule has 1 aromatic heterocycles. The molecule has 0 unspecified atom stereocenters. The summed E-state index contributed by atoms with van der Waals surface area (Å²) in [7, 11) is 0. The first-order valence-electron chi connectivity index (χ1n) is 11.3. The van der Waals surface area contributed by atoms with Crippen LogP contribution < -0.4 is 9.47 Å². The number of hydrogen-bond donors (Lipinski definition) is 1. The molecule has 0 spiro atoms. The first-order chi connectivity index (χ1) is 15.5. The highest BCUT2D eigenvalue weighted by molar-refractivity contribution is 5.28. The van der Waals surface area contributed by atoms with Crippen molar-refractivity contribution in [2.75, 3.05) is 26.3 Å². The van der Waals surface area contributed by atoms with E-state index in [9.17, 15) is 5.11 Å². The molecule has 0 amide bonds. The SMILES string of the molecule is Cc1ccc(OCC2(O)CCN(Cc3ccc(OCCn4cc(C)cn4)cc3)CC2)cc1. The third-order valence-corrected chi connectivity index (χ3v) is 6.00. The van der Waals surface area contributed by atoms with Crippen molar-refractivity contribution in [1.82, 2.24) is 14.7 Å². The summed E-state index contributed by atoms with van der Waals surface area (Å²) in [6.45, 7) is 8.35. The van der Waals surface area contributed by atoms with Gasteiger partial charge in [0.25, 0.3) is 0 Å². The predicted molar refractivity (Wildman–Crippen MR) is 125 cm³/mol. The molecule has 2 aromatic carbocycles. The van der Waals surface area contributed by atoms with Crippen LogP contribution in [0.3, 0.4) is 0 Å². The molecule has 1 saturated heterocycles. The van der Waals surface area contributed by atoms with Gasteiger partial charge in [-0.05, 0) is 62.1 Å². The lowest BCUT2D eigenvalue weighted by molar-refractivity contribution is -0.0537. The topological polar surface area (TPSA) is 59.8 Å². The maximum Gasteiger partial charge on any atom is 0.119 e. The van der Waals surface area contributed by atoms with Gasteiger partial charge in [-0.2, -0.15) is 5.10 Å². The standard InChI is InChI=1S/C26H33N3O3/c1-21-3-7-25(8-4-21)32-20-26(30)11-13-28(14-12-26)19-23-5-9-24(10-6-23)31-16-15-29-18-22(2)17-27-29/h3-10,17-18,30H,11-16,19-20H2,1-2H3. The monoisotopic (exact) mass is 435 g/mol. The molecule has 2 heterocycles. The Morgan fingerprint density at radius 1 is 0.906 bits per heavy atom. The molecule has 0 radical (unpaired) electrons. The lowest BCUT2D eigenvalue weighted by Crippen LogP contribution is -2.47. The highest BCUT2D eigenvalue weighted by Gasteiger charge is 2.33. The van der Waals surface area contributed by atoms with E-state index in [2.05, 4.69) is 29.1 Å². The minimum atomic E-state index is -0.758. The van der Waals surface area contributed by atoms with Crippen LogP contribution in [-0.4, -0.2) is 51.7 Å². The molecule has 1 fully saturated rings. The number of aromatic nitrogens is 2. The largest absolute Gasteiger partial charge is 0.492 e. The van der Waals surface area contributed by atoms with Crippen molar-refractivity contribution >= 4 is 0 Å². The van der Waals surface area contributed by atoms with Crippen LogP contribution in [0.5, 0.6) is 11.5 Å². The maximum absolute atomic E-state index is 10.9. The first kappa shape index (κ1) is 22.4. The van der Waals surface area contributed by atoms with E-state index in [-0.39, 0.29) is 0 Å². The van der Waals surface area contributed by atoms with Gasteiger partial charge in [0.1, 0.15) is 30.3 Å². The van der Waals surface area contributed by atoms with Crippen molar-refractivity contribution in [3.05, 3.63) is 77.6 Å². The van der Waals surface area contributed by atoms with Crippen LogP contribution in [0.1, 0.15) is 29.5 Å². The van der Waals surface area contributed by atoms with Gasteiger partial charge in [-0.25, -0.2) is 0 Å². The molecule has 0 aliphatic carbocycles. The molecule has 4 rings (SSSR count). The van der Waals surface area contributed by atoms with Crippen molar-refractivity contribution in [2.24, 2.45) is 0 Å². The van der Waals surface area contributed by atoms with Crippen molar-refractivity contribution in [3.8, 4) is 11.5 Å². The molecule has 3 aromatic rings. The van der Waals surface area contributed by atoms with E-state index in [4.69, 9.17) is 9.47 Å². The van der Waals surface area contributed by atoms with Gasteiger partial charge in [0.05, 0.1) is 12.7 Å². The van der Waals surface area contributed by atoms with Gasteiger partial charge in [-0.3, -0.25) is 9.58 Å². The Morgan fingerprint density at radius 2 is 1.56 bits per heavy atom. The summed E-state index contributed by atoms with van der Waals surface area (Å²) in [5.74, 6) is 1.69. The van der Waals surface area contributed by atoms with E-state index in [1.165, 1.54) is 11.1 Å². The normalized spacial score (nSPS) is 16.1. The summed E-state index contributed by atoms with van der Waals surface area (Å²) >= 11 is 0. The van der Waals surface area contributed by atoms with Crippen LogP contribution in [0, 0.1) is 13.8 Å². The number of ether oxygens (including phenoxy) is 2. The summed E-state index contributed by atoms with van der Waals surface area (Å²) < 4.78 is 13.6. The fourth-order valence-corrected chi connectivity index (χ4v) is 3.92. The minimum absolute atomic E-state index is 0.341. The Labute approximate surface area is 190 Å². The number of aliphatic hydroxyl groups is 1. The summed E-state index contributed by atoms with van der Waals surface area (Å²) in [6.07, 6.45) is 5.30. The third kappa shape index (κ3) is 6.34. The number of nitrogens with zero attached hydrogens (tertiary/aromatic N) is 3. The number of benzene rings is 2. The van der Waals surface area contributed by atoms with Gasteiger partial charge in [-0.1, -0.05) is 29.8 Å². The van der Waals surface area contributed by atoms with Gasteiger partial charge in [0.2, 0.25) is 0 Å². The smallest absolute Gasteiger partial charge is 0.119 e. The molecule has 0 saturated carbocycles. The fraction of sp³-hybridized carbons (Fsp3) is 0.423. The summed E-state index contributed by atoms with van der Waals surface area (Å²) in [5, 5.41) is 15.2. The molecule has 1 aliphatic rings. The van der Waals surface area contributed by atoms with E-state index in [0.717, 1.165) is 43.2 Å². The van der Waals surface area contributed by atoms with Crippen molar-refractivity contribution in [3.63, 3.8) is 0 Å². The molecule has 170 valence electrons. The minimum Gasteiger partial charge on any atom is -0.492 e. The first-order valence-corrected chi connectivity index (χ1v) is 11.3. The second kappa shape index (κ2) is 10.2. The average Bonchev–Trinajstić information content (AvgIpc) is 3.21. The molecule has 0 bridgehead atoms. The number of aryl methyl sites for hydroxylation is 2. The molecule has 1 N–H and O–H groups in total. The molecule has 1 aliphatic heterocycles. The van der Waals surface area contributed by atoms with Crippen LogP contribution in [0.4, 0.5) is 0 Å². The number of piperidine rings is 1. The summed E-state index contributed by atoms with van der Waals surface area (Å²) in [5.41, 5.74) is 2.85. The number of rotatable bonds is 9. The van der Waals surface area contributed by atoms with Gasteiger partial charge >= 0.3 is 0 Å². The van der Waals surface area contributed by atoms with Crippen molar-refractivity contribution < 1.29 is 14.6 Å². The molecule has 6 nitrogen and oxygen atoms in total. The second-order valence-corrected chi connectivity index (χ2v) is 8.88. The molecule has 0 atom stereocenters. The van der Waals surface area contributed by atoms with Gasteiger partial charge in [-0.15, -0.1) is 0 Å². The van der Waals surface area contributed by atoms with Gasteiger partial charge in [0, 0.05) is 25.8 Å².